The second-order valence-corrected chi connectivity index (χ2v) is 6.43. The van der Waals surface area contributed by atoms with Gasteiger partial charge >= 0.3 is 0 Å². The largest absolute Gasteiger partial charge is 0.459 e. The van der Waals surface area contributed by atoms with Gasteiger partial charge in [0.1, 0.15) is 0 Å². The number of aliphatic hydroxyl groups is 1. The van der Waals surface area contributed by atoms with Crippen LogP contribution in [0.2, 0.25) is 0 Å². The lowest BCUT2D eigenvalue weighted by Crippen LogP contribution is -2.35. The molecule has 1 aromatic heterocycles. The molecule has 0 aliphatic heterocycles. The lowest BCUT2D eigenvalue weighted by Gasteiger charge is -2.26. The fraction of sp³-hybridized carbons (Fsp3) is 0.389. The number of furan rings is 1. The zero-order chi connectivity index (χ0) is 16.2. The highest BCUT2D eigenvalue weighted by atomic mass is 16.3. The van der Waals surface area contributed by atoms with Gasteiger partial charge in [0.05, 0.1) is 12.4 Å². The number of hydrogen-bond donors (Lipinski definition) is 2. The fourth-order valence-electron chi connectivity index (χ4n) is 2.60. The predicted molar refractivity (Wildman–Crippen MR) is 86.6 cm³/mol. The second kappa shape index (κ2) is 6.79. The molecule has 1 unspecified atom stereocenters. The zero-order valence-electron chi connectivity index (χ0n) is 13.3. The summed E-state index contributed by atoms with van der Waals surface area (Å²) in [6.45, 7) is 6.26. The van der Waals surface area contributed by atoms with Crippen LogP contribution >= 0.6 is 0 Å². The van der Waals surface area contributed by atoms with Gasteiger partial charge < -0.3 is 14.8 Å². The van der Waals surface area contributed by atoms with Gasteiger partial charge in [-0.05, 0) is 30.4 Å². The molecule has 4 heteroatoms. The van der Waals surface area contributed by atoms with Gasteiger partial charge in [0.25, 0.3) is 5.91 Å². The average molecular weight is 301 g/mol. The Morgan fingerprint density at radius 3 is 2.59 bits per heavy atom. The van der Waals surface area contributed by atoms with Gasteiger partial charge in [0.2, 0.25) is 0 Å². The summed E-state index contributed by atoms with van der Waals surface area (Å²) in [5.74, 6) is 0.0848. The number of rotatable bonds is 6. The predicted octanol–water partition coefficient (Wildman–Crippen LogP) is 3.47. The Labute approximate surface area is 131 Å². The van der Waals surface area contributed by atoms with Crippen LogP contribution in [0.1, 0.15) is 37.7 Å². The first-order chi connectivity index (χ1) is 10.4. The van der Waals surface area contributed by atoms with Crippen LogP contribution in [0.15, 0.2) is 47.1 Å². The molecule has 0 saturated heterocycles. The summed E-state index contributed by atoms with van der Waals surface area (Å²) >= 11 is 0. The van der Waals surface area contributed by atoms with E-state index in [0.29, 0.717) is 18.7 Å². The van der Waals surface area contributed by atoms with Crippen molar-refractivity contribution >= 4 is 5.91 Å². The third-order valence-electron chi connectivity index (χ3n) is 3.53. The SMILES string of the molecule is CC(O)CC(C)(C)CNC(=O)c1occc1-c1ccccc1. The van der Waals surface area contributed by atoms with Crippen molar-refractivity contribution in [1.29, 1.82) is 0 Å². The van der Waals surface area contributed by atoms with Gasteiger partial charge in [-0.25, -0.2) is 0 Å². The van der Waals surface area contributed by atoms with Crippen molar-refractivity contribution in [2.45, 2.75) is 33.3 Å². The standard InChI is InChI=1S/C18H23NO3/c1-13(20)11-18(2,3)12-19-17(21)16-15(9-10-22-16)14-7-5-4-6-8-14/h4-10,13,20H,11-12H2,1-3H3,(H,19,21). The molecule has 1 amide bonds. The molecule has 118 valence electrons. The summed E-state index contributed by atoms with van der Waals surface area (Å²) < 4.78 is 5.37. The van der Waals surface area contributed by atoms with Crippen LogP contribution in [0.25, 0.3) is 11.1 Å². The molecule has 0 bridgehead atoms. The lowest BCUT2D eigenvalue weighted by molar-refractivity contribution is 0.0877. The number of aliphatic hydroxyl groups excluding tert-OH is 1. The quantitative estimate of drug-likeness (QED) is 0.858. The van der Waals surface area contributed by atoms with Crippen molar-refractivity contribution in [2.24, 2.45) is 5.41 Å². The second-order valence-electron chi connectivity index (χ2n) is 6.43. The highest BCUT2D eigenvalue weighted by Crippen LogP contribution is 2.25. The first-order valence-corrected chi connectivity index (χ1v) is 7.48. The van der Waals surface area contributed by atoms with Gasteiger partial charge in [0, 0.05) is 12.1 Å². The fourth-order valence-corrected chi connectivity index (χ4v) is 2.60. The van der Waals surface area contributed by atoms with Crippen molar-refractivity contribution in [2.75, 3.05) is 6.54 Å². The van der Waals surface area contributed by atoms with E-state index in [1.165, 1.54) is 6.26 Å². The molecule has 0 fully saturated rings. The lowest BCUT2D eigenvalue weighted by atomic mass is 9.87. The summed E-state index contributed by atoms with van der Waals surface area (Å²) in [6.07, 6.45) is 1.75. The molecule has 0 spiro atoms. The number of hydrogen-bond acceptors (Lipinski definition) is 3. The number of amides is 1. The minimum atomic E-state index is -0.393. The van der Waals surface area contributed by atoms with E-state index in [-0.39, 0.29) is 11.3 Å². The first kappa shape index (κ1) is 16.3. The summed E-state index contributed by atoms with van der Waals surface area (Å²) in [5, 5.41) is 12.4. The van der Waals surface area contributed by atoms with E-state index in [4.69, 9.17) is 4.42 Å². The monoisotopic (exact) mass is 301 g/mol. The normalized spacial score (nSPS) is 12.9. The van der Waals surface area contributed by atoms with Crippen LogP contribution in [0.3, 0.4) is 0 Å². The zero-order valence-corrected chi connectivity index (χ0v) is 13.3. The molecule has 0 radical (unpaired) electrons. The van der Waals surface area contributed by atoms with Crippen molar-refractivity contribution < 1.29 is 14.3 Å². The van der Waals surface area contributed by atoms with E-state index < -0.39 is 6.10 Å². The molecule has 1 atom stereocenters. The molecule has 0 saturated carbocycles. The topological polar surface area (TPSA) is 62.5 Å². The van der Waals surface area contributed by atoms with E-state index in [1.54, 1.807) is 13.0 Å². The maximum Gasteiger partial charge on any atom is 0.287 e. The molecule has 0 aliphatic rings. The van der Waals surface area contributed by atoms with Crippen LogP contribution in [-0.4, -0.2) is 23.7 Å². The molecular weight excluding hydrogens is 278 g/mol. The van der Waals surface area contributed by atoms with Crippen molar-refractivity contribution in [3.8, 4) is 11.1 Å². The highest BCUT2D eigenvalue weighted by molar-refractivity contribution is 5.98. The smallest absolute Gasteiger partial charge is 0.287 e. The summed E-state index contributed by atoms with van der Waals surface area (Å²) in [4.78, 5) is 12.4. The Morgan fingerprint density at radius 2 is 1.95 bits per heavy atom. The van der Waals surface area contributed by atoms with Crippen LogP contribution in [0, 0.1) is 5.41 Å². The molecule has 1 heterocycles. The van der Waals surface area contributed by atoms with E-state index in [1.807, 2.05) is 44.2 Å². The first-order valence-electron chi connectivity index (χ1n) is 7.48. The van der Waals surface area contributed by atoms with Crippen LogP contribution in [0.5, 0.6) is 0 Å². The van der Waals surface area contributed by atoms with E-state index in [9.17, 15) is 9.90 Å². The van der Waals surface area contributed by atoms with Crippen molar-refractivity contribution in [1.82, 2.24) is 5.32 Å². The number of nitrogens with one attached hydrogen (secondary N) is 1. The van der Waals surface area contributed by atoms with Gasteiger partial charge in [-0.15, -0.1) is 0 Å². The minimum absolute atomic E-state index is 0.177. The number of carbonyl (C=O) groups excluding carboxylic acids is 1. The van der Waals surface area contributed by atoms with Gasteiger partial charge in [0.15, 0.2) is 5.76 Å². The van der Waals surface area contributed by atoms with Crippen LogP contribution in [-0.2, 0) is 0 Å². The Bertz CT molecular complexity index is 614. The molecule has 4 nitrogen and oxygen atoms in total. The molecule has 22 heavy (non-hydrogen) atoms. The van der Waals surface area contributed by atoms with Crippen molar-refractivity contribution in [3.05, 3.63) is 48.4 Å². The highest BCUT2D eigenvalue weighted by Gasteiger charge is 2.23. The number of benzene rings is 1. The van der Waals surface area contributed by atoms with Gasteiger partial charge in [-0.1, -0.05) is 44.2 Å². The number of carbonyl (C=O) groups is 1. The Hall–Kier alpha value is -2.07. The van der Waals surface area contributed by atoms with Crippen LogP contribution < -0.4 is 5.32 Å². The molecule has 2 aromatic rings. The molecule has 2 N–H and O–H groups in total. The molecule has 2 rings (SSSR count). The molecular formula is C18H23NO3. The Kier molecular flexibility index (Phi) is 5.03. The summed E-state index contributed by atoms with van der Waals surface area (Å²) in [5.41, 5.74) is 1.56. The maximum atomic E-state index is 12.4. The Morgan fingerprint density at radius 1 is 1.27 bits per heavy atom. The third kappa shape index (κ3) is 4.21. The van der Waals surface area contributed by atoms with Gasteiger partial charge in [-0.2, -0.15) is 0 Å². The van der Waals surface area contributed by atoms with Crippen LogP contribution in [0.4, 0.5) is 0 Å². The van der Waals surface area contributed by atoms with E-state index in [2.05, 4.69) is 5.32 Å². The average Bonchev–Trinajstić information content (AvgIpc) is 2.94. The van der Waals surface area contributed by atoms with Crippen molar-refractivity contribution in [3.63, 3.8) is 0 Å². The van der Waals surface area contributed by atoms with Gasteiger partial charge in [-0.3, -0.25) is 4.79 Å². The third-order valence-corrected chi connectivity index (χ3v) is 3.53. The Balaban J connectivity index is 2.07. The van der Waals surface area contributed by atoms with E-state index >= 15 is 0 Å². The summed E-state index contributed by atoms with van der Waals surface area (Å²) in [7, 11) is 0. The van der Waals surface area contributed by atoms with E-state index in [0.717, 1.165) is 11.1 Å². The maximum absolute atomic E-state index is 12.4. The molecule has 0 aliphatic carbocycles. The minimum Gasteiger partial charge on any atom is -0.459 e. The summed E-state index contributed by atoms with van der Waals surface area (Å²) in [6, 6.07) is 11.5. The molecule has 1 aromatic carbocycles.